The predicted octanol–water partition coefficient (Wildman–Crippen LogP) is 5.24. The lowest BCUT2D eigenvalue weighted by Gasteiger charge is -2.35. The van der Waals surface area contributed by atoms with Gasteiger partial charge < -0.3 is 4.90 Å². The van der Waals surface area contributed by atoms with Gasteiger partial charge in [-0.1, -0.05) is 23.7 Å². The molecule has 1 aliphatic rings. The second-order valence-electron chi connectivity index (χ2n) is 6.72. The van der Waals surface area contributed by atoms with E-state index < -0.39 is 0 Å². The molecule has 1 N–H and O–H groups in total. The molecular formula is C21H19ClFN3O. The first-order valence-corrected chi connectivity index (χ1v) is 9.37. The van der Waals surface area contributed by atoms with Crippen LogP contribution in [-0.4, -0.2) is 27.5 Å². The van der Waals surface area contributed by atoms with Crippen LogP contribution in [0.1, 0.15) is 41.4 Å². The SMILES string of the molecule is O=C(c1ccc(Cl)cc1)N1CCCC[C@@H]1c1[nH]ncc1-c1cccc(F)c1. The van der Waals surface area contributed by atoms with Crippen molar-refractivity contribution in [3.8, 4) is 11.1 Å². The van der Waals surface area contributed by atoms with Crippen LogP contribution in [0.4, 0.5) is 4.39 Å². The van der Waals surface area contributed by atoms with Gasteiger partial charge in [-0.2, -0.15) is 5.10 Å². The topological polar surface area (TPSA) is 49.0 Å². The van der Waals surface area contributed by atoms with Gasteiger partial charge >= 0.3 is 0 Å². The summed E-state index contributed by atoms with van der Waals surface area (Å²) in [6.07, 6.45) is 4.52. The number of nitrogens with zero attached hydrogens (tertiary/aromatic N) is 2. The number of aromatic nitrogens is 2. The van der Waals surface area contributed by atoms with Crippen LogP contribution in [-0.2, 0) is 0 Å². The van der Waals surface area contributed by atoms with Crippen LogP contribution in [0.5, 0.6) is 0 Å². The van der Waals surface area contributed by atoms with E-state index in [-0.39, 0.29) is 17.8 Å². The summed E-state index contributed by atoms with van der Waals surface area (Å²) in [5, 5.41) is 7.83. The fraction of sp³-hybridized carbons (Fsp3) is 0.238. The van der Waals surface area contributed by atoms with Crippen molar-refractivity contribution in [3.63, 3.8) is 0 Å². The summed E-state index contributed by atoms with van der Waals surface area (Å²) in [5.74, 6) is -0.325. The molecule has 0 spiro atoms. The summed E-state index contributed by atoms with van der Waals surface area (Å²) >= 11 is 5.94. The molecule has 2 aromatic carbocycles. The molecule has 2 heterocycles. The van der Waals surface area contributed by atoms with Crippen molar-refractivity contribution in [2.75, 3.05) is 6.54 Å². The van der Waals surface area contributed by atoms with E-state index >= 15 is 0 Å². The van der Waals surface area contributed by atoms with Crippen molar-refractivity contribution in [1.29, 1.82) is 0 Å². The van der Waals surface area contributed by atoms with Gasteiger partial charge in [-0.15, -0.1) is 0 Å². The average Bonchev–Trinajstić information content (AvgIpc) is 3.18. The van der Waals surface area contributed by atoms with Gasteiger partial charge in [0.1, 0.15) is 5.82 Å². The van der Waals surface area contributed by atoms with Gasteiger partial charge in [0, 0.05) is 22.7 Å². The van der Waals surface area contributed by atoms with Crippen LogP contribution in [0.3, 0.4) is 0 Å². The predicted molar refractivity (Wildman–Crippen MR) is 103 cm³/mol. The summed E-state index contributed by atoms with van der Waals surface area (Å²) in [5.41, 5.74) is 3.04. The molecule has 1 aromatic heterocycles. The molecule has 4 rings (SSSR count). The standard InChI is InChI=1S/C21H19ClFN3O/c22-16-9-7-14(8-10-16)21(27)26-11-2-1-6-19(26)20-18(13-24-25-20)15-4-3-5-17(23)12-15/h3-5,7-10,12-13,19H,1-2,6,11H2,(H,24,25)/t19-/m1/s1. The molecule has 1 aliphatic heterocycles. The van der Waals surface area contributed by atoms with Crippen molar-refractivity contribution in [2.24, 2.45) is 0 Å². The van der Waals surface area contributed by atoms with E-state index in [2.05, 4.69) is 10.2 Å². The molecule has 0 unspecified atom stereocenters. The molecule has 0 radical (unpaired) electrons. The van der Waals surface area contributed by atoms with Crippen molar-refractivity contribution < 1.29 is 9.18 Å². The Balaban J connectivity index is 1.69. The van der Waals surface area contributed by atoms with Gasteiger partial charge in [-0.25, -0.2) is 4.39 Å². The van der Waals surface area contributed by atoms with E-state index in [4.69, 9.17) is 11.6 Å². The second kappa shape index (κ2) is 7.53. The molecule has 1 atom stereocenters. The smallest absolute Gasteiger partial charge is 0.254 e. The van der Waals surface area contributed by atoms with Crippen LogP contribution in [0.25, 0.3) is 11.1 Å². The molecule has 1 saturated heterocycles. The third-order valence-electron chi connectivity index (χ3n) is 4.99. The molecule has 138 valence electrons. The summed E-state index contributed by atoms with van der Waals surface area (Å²) in [6.45, 7) is 0.674. The summed E-state index contributed by atoms with van der Waals surface area (Å²) < 4.78 is 13.7. The number of hydrogen-bond donors (Lipinski definition) is 1. The van der Waals surface area contributed by atoms with Gasteiger partial charge in [0.2, 0.25) is 0 Å². The number of likely N-dealkylation sites (tertiary alicyclic amines) is 1. The molecule has 0 aliphatic carbocycles. The van der Waals surface area contributed by atoms with E-state index in [1.165, 1.54) is 12.1 Å². The van der Waals surface area contributed by atoms with Crippen LogP contribution in [0.15, 0.2) is 54.7 Å². The van der Waals surface area contributed by atoms with Crippen molar-refractivity contribution in [1.82, 2.24) is 15.1 Å². The minimum absolute atomic E-state index is 0.0313. The van der Waals surface area contributed by atoms with Gasteiger partial charge in [-0.05, 0) is 61.2 Å². The number of carbonyl (C=O) groups is 1. The number of aromatic amines is 1. The molecule has 1 fully saturated rings. The Morgan fingerprint density at radius 2 is 2.00 bits per heavy atom. The zero-order chi connectivity index (χ0) is 18.8. The van der Waals surface area contributed by atoms with Crippen LogP contribution < -0.4 is 0 Å². The minimum atomic E-state index is -0.294. The number of hydrogen-bond acceptors (Lipinski definition) is 2. The molecule has 6 heteroatoms. The lowest BCUT2D eigenvalue weighted by Crippen LogP contribution is -2.38. The lowest BCUT2D eigenvalue weighted by molar-refractivity contribution is 0.0607. The van der Waals surface area contributed by atoms with E-state index in [0.29, 0.717) is 17.1 Å². The molecule has 3 aromatic rings. The van der Waals surface area contributed by atoms with Gasteiger partial charge in [0.25, 0.3) is 5.91 Å². The molecule has 0 bridgehead atoms. The summed E-state index contributed by atoms with van der Waals surface area (Å²) in [7, 11) is 0. The third-order valence-corrected chi connectivity index (χ3v) is 5.24. The Bertz CT molecular complexity index is 954. The Morgan fingerprint density at radius 1 is 1.19 bits per heavy atom. The number of amides is 1. The maximum atomic E-state index is 13.7. The molecule has 4 nitrogen and oxygen atoms in total. The van der Waals surface area contributed by atoms with Gasteiger partial charge in [0.05, 0.1) is 17.9 Å². The molecule has 27 heavy (non-hydrogen) atoms. The number of H-pyrrole nitrogens is 1. The lowest BCUT2D eigenvalue weighted by atomic mass is 9.94. The van der Waals surface area contributed by atoms with Crippen LogP contribution in [0, 0.1) is 5.82 Å². The first-order valence-electron chi connectivity index (χ1n) is 8.99. The monoisotopic (exact) mass is 383 g/mol. The fourth-order valence-corrected chi connectivity index (χ4v) is 3.80. The van der Waals surface area contributed by atoms with Crippen LogP contribution >= 0.6 is 11.6 Å². The van der Waals surface area contributed by atoms with E-state index in [1.54, 1.807) is 36.5 Å². The normalized spacial score (nSPS) is 17.1. The number of halogens is 2. The van der Waals surface area contributed by atoms with Gasteiger partial charge in [-0.3, -0.25) is 9.89 Å². The Kier molecular flexibility index (Phi) is 4.94. The summed E-state index contributed by atoms with van der Waals surface area (Å²) in [4.78, 5) is 15.0. The maximum absolute atomic E-state index is 13.7. The van der Waals surface area contributed by atoms with E-state index in [0.717, 1.165) is 36.1 Å². The van der Waals surface area contributed by atoms with Crippen molar-refractivity contribution >= 4 is 17.5 Å². The Morgan fingerprint density at radius 3 is 2.78 bits per heavy atom. The Hall–Kier alpha value is -2.66. The van der Waals surface area contributed by atoms with E-state index in [1.807, 2.05) is 11.0 Å². The molecule has 0 saturated carbocycles. The van der Waals surface area contributed by atoms with Crippen molar-refractivity contribution in [2.45, 2.75) is 25.3 Å². The number of benzene rings is 2. The Labute approximate surface area is 162 Å². The third kappa shape index (κ3) is 3.60. The number of nitrogens with one attached hydrogen (secondary N) is 1. The average molecular weight is 384 g/mol. The second-order valence-corrected chi connectivity index (χ2v) is 7.16. The highest BCUT2D eigenvalue weighted by Gasteiger charge is 2.31. The maximum Gasteiger partial charge on any atom is 0.254 e. The summed E-state index contributed by atoms with van der Waals surface area (Å²) in [6, 6.07) is 13.3. The first kappa shape index (κ1) is 17.7. The quantitative estimate of drug-likeness (QED) is 0.672. The number of piperidine rings is 1. The molecular weight excluding hydrogens is 365 g/mol. The number of carbonyl (C=O) groups excluding carboxylic acids is 1. The largest absolute Gasteiger partial charge is 0.330 e. The highest BCUT2D eigenvalue weighted by molar-refractivity contribution is 6.30. The zero-order valence-corrected chi connectivity index (χ0v) is 15.4. The first-order chi connectivity index (χ1) is 13.1. The van der Waals surface area contributed by atoms with Gasteiger partial charge in [0.15, 0.2) is 0 Å². The highest BCUT2D eigenvalue weighted by Crippen LogP contribution is 2.36. The van der Waals surface area contributed by atoms with Crippen molar-refractivity contribution in [3.05, 3.63) is 76.8 Å². The number of rotatable bonds is 3. The molecule has 1 amide bonds. The zero-order valence-electron chi connectivity index (χ0n) is 14.7. The van der Waals surface area contributed by atoms with E-state index in [9.17, 15) is 9.18 Å². The van der Waals surface area contributed by atoms with Crippen LogP contribution in [0.2, 0.25) is 5.02 Å². The minimum Gasteiger partial charge on any atom is -0.330 e. The highest BCUT2D eigenvalue weighted by atomic mass is 35.5. The fourth-order valence-electron chi connectivity index (χ4n) is 3.67.